The van der Waals surface area contributed by atoms with Crippen molar-refractivity contribution in [1.29, 1.82) is 0 Å². The summed E-state index contributed by atoms with van der Waals surface area (Å²) >= 11 is 13.9. The maximum atomic E-state index is 13.7. The monoisotopic (exact) mass is 798 g/mol. The van der Waals surface area contributed by atoms with E-state index in [4.69, 9.17) is 28.2 Å². The number of aliphatic carboxylic acids is 1. The van der Waals surface area contributed by atoms with Gasteiger partial charge in [0, 0.05) is 82.2 Å². The van der Waals surface area contributed by atoms with Crippen LogP contribution < -0.4 is 10.6 Å². The lowest BCUT2D eigenvalue weighted by Gasteiger charge is -2.32. The molecule has 0 spiro atoms. The number of nitrogens with one attached hydrogen (secondary N) is 2. The Morgan fingerprint density at radius 1 is 0.786 bits per heavy atom. The molecule has 0 radical (unpaired) electrons. The lowest BCUT2D eigenvalue weighted by atomic mass is 9.81. The number of anilines is 2. The standard InChI is InChI=1S/C42H48Cl2N8O4/c1-49-32-11-18-51(20-17-41-13-9-25(21-41)10-14-41)22-30(32)45-36(49)38(53)47-28-7-3-5-26(34(28)43)27-6-4-8-29(35(27)44)48-39(54)37-46-31-23-52(19-12-33(31)50(37)2)24-42(15-16-42)40(55)56/h3-8,25H,9-24H2,1-2H3,(H,47,53)(H,48,54)(H,55,56). The second kappa shape index (κ2) is 14.3. The van der Waals surface area contributed by atoms with Gasteiger partial charge in [0.05, 0.1) is 38.2 Å². The van der Waals surface area contributed by atoms with Crippen molar-refractivity contribution in [3.63, 3.8) is 0 Å². The Kier molecular flexibility index (Phi) is 9.54. The van der Waals surface area contributed by atoms with Gasteiger partial charge in [-0.1, -0.05) is 47.5 Å². The van der Waals surface area contributed by atoms with Gasteiger partial charge in [-0.15, -0.1) is 0 Å². The normalized spacial score (nSPS) is 22.5. The van der Waals surface area contributed by atoms with Gasteiger partial charge in [0.1, 0.15) is 0 Å². The minimum atomic E-state index is -0.745. The summed E-state index contributed by atoms with van der Waals surface area (Å²) in [5.74, 6) is 0.0630. The summed E-state index contributed by atoms with van der Waals surface area (Å²) in [6.45, 7) is 4.51. The molecule has 2 bridgehead atoms. The number of fused-ring (bicyclic) bond motifs is 4. The molecule has 12 nitrogen and oxygen atoms in total. The average Bonchev–Trinajstić information content (AvgIpc) is 3.43. The van der Waals surface area contributed by atoms with Crippen molar-refractivity contribution in [3.8, 4) is 11.1 Å². The number of amides is 2. The molecular weight excluding hydrogens is 751 g/mol. The number of carbonyl (C=O) groups excluding carboxylic acids is 2. The van der Waals surface area contributed by atoms with E-state index < -0.39 is 17.3 Å². The zero-order valence-electron chi connectivity index (χ0n) is 32.0. The second-order valence-electron chi connectivity index (χ2n) is 17.0. The van der Waals surface area contributed by atoms with E-state index in [-0.39, 0.29) is 11.7 Å². The summed E-state index contributed by atoms with van der Waals surface area (Å²) in [4.78, 5) is 53.3. The quantitative estimate of drug-likeness (QED) is 0.145. The first-order chi connectivity index (χ1) is 26.9. The van der Waals surface area contributed by atoms with Crippen LogP contribution in [-0.4, -0.2) is 78.0 Å². The van der Waals surface area contributed by atoms with Crippen LogP contribution in [0.1, 0.15) is 95.4 Å². The fourth-order valence-electron chi connectivity index (χ4n) is 10.0. The fourth-order valence-corrected chi connectivity index (χ4v) is 10.6. The molecule has 56 heavy (non-hydrogen) atoms. The first kappa shape index (κ1) is 37.4. The molecule has 4 heterocycles. The van der Waals surface area contributed by atoms with Gasteiger partial charge >= 0.3 is 5.97 Å². The highest BCUT2D eigenvalue weighted by atomic mass is 35.5. The highest BCUT2D eigenvalue weighted by Crippen LogP contribution is 2.56. The molecule has 4 aromatic rings. The molecule has 14 heteroatoms. The Hall–Kier alpha value is -4.23. The van der Waals surface area contributed by atoms with Crippen LogP contribution in [-0.2, 0) is 44.8 Å². The van der Waals surface area contributed by atoms with Gasteiger partial charge in [-0.25, -0.2) is 9.97 Å². The molecule has 294 valence electrons. The number of rotatable bonds is 11. The van der Waals surface area contributed by atoms with E-state index in [2.05, 4.69) is 25.4 Å². The fraction of sp³-hybridized carbons (Fsp3) is 0.500. The maximum absolute atomic E-state index is 13.7. The van der Waals surface area contributed by atoms with Crippen molar-refractivity contribution in [2.45, 2.75) is 77.3 Å². The molecule has 2 aliphatic heterocycles. The average molecular weight is 800 g/mol. The van der Waals surface area contributed by atoms with Crippen LogP contribution in [0, 0.1) is 16.7 Å². The van der Waals surface area contributed by atoms with Crippen molar-refractivity contribution < 1.29 is 19.5 Å². The molecule has 2 amide bonds. The number of nitrogens with zero attached hydrogens (tertiary/aromatic N) is 6. The first-order valence-electron chi connectivity index (χ1n) is 19.9. The predicted molar refractivity (Wildman–Crippen MR) is 215 cm³/mol. The number of aromatic nitrogens is 4. The molecule has 2 aromatic heterocycles. The lowest BCUT2D eigenvalue weighted by Crippen LogP contribution is -2.38. The summed E-state index contributed by atoms with van der Waals surface area (Å²) in [6, 6.07) is 10.7. The zero-order valence-corrected chi connectivity index (χ0v) is 33.5. The Bertz CT molecular complexity index is 2250. The summed E-state index contributed by atoms with van der Waals surface area (Å²) in [5, 5.41) is 16.2. The van der Waals surface area contributed by atoms with Gasteiger partial charge in [-0.05, 0) is 81.4 Å². The zero-order chi connectivity index (χ0) is 38.9. The smallest absolute Gasteiger partial charge is 0.310 e. The summed E-state index contributed by atoms with van der Waals surface area (Å²) in [7, 11) is 3.73. The number of halogens is 2. The van der Waals surface area contributed by atoms with E-state index in [1.54, 1.807) is 28.8 Å². The number of carbonyl (C=O) groups is 3. The summed E-state index contributed by atoms with van der Waals surface area (Å²) in [5.41, 5.74) is 5.72. The number of benzene rings is 2. The van der Waals surface area contributed by atoms with Crippen molar-refractivity contribution in [1.82, 2.24) is 28.9 Å². The molecule has 5 aliphatic rings. The van der Waals surface area contributed by atoms with Gasteiger partial charge in [0.2, 0.25) is 0 Å². The SMILES string of the molecule is Cn1c(C(=O)Nc2cccc(-c3cccc(NC(=O)c4nc5c(n4C)CCN(CC4(C(=O)O)CC4)C5)c3Cl)c2Cl)nc2c1CCN(CCC13CCC(CC1)C3)C2. The highest BCUT2D eigenvalue weighted by molar-refractivity contribution is 6.40. The van der Waals surface area contributed by atoms with Crippen LogP contribution in [0.15, 0.2) is 36.4 Å². The Morgan fingerprint density at radius 3 is 1.79 bits per heavy atom. The van der Waals surface area contributed by atoms with E-state index in [1.807, 2.05) is 30.8 Å². The highest BCUT2D eigenvalue weighted by Gasteiger charge is 2.51. The lowest BCUT2D eigenvalue weighted by molar-refractivity contribution is -0.144. The molecule has 3 N–H and O–H groups in total. The van der Waals surface area contributed by atoms with Crippen molar-refractivity contribution >= 4 is 52.4 Å². The Labute approximate surface area is 336 Å². The van der Waals surface area contributed by atoms with E-state index >= 15 is 0 Å². The molecule has 0 unspecified atom stereocenters. The number of carboxylic acid groups (broad SMARTS) is 1. The van der Waals surface area contributed by atoms with Gasteiger partial charge < -0.3 is 24.9 Å². The van der Waals surface area contributed by atoms with Crippen LogP contribution in [0.25, 0.3) is 11.1 Å². The van der Waals surface area contributed by atoms with Crippen LogP contribution in [0.4, 0.5) is 11.4 Å². The number of imidazole rings is 2. The Balaban J connectivity index is 0.873. The molecule has 9 rings (SSSR count). The third kappa shape index (κ3) is 6.72. The van der Waals surface area contributed by atoms with Crippen LogP contribution in [0.5, 0.6) is 0 Å². The second-order valence-corrected chi connectivity index (χ2v) is 17.7. The van der Waals surface area contributed by atoms with Crippen LogP contribution >= 0.6 is 23.2 Å². The van der Waals surface area contributed by atoms with E-state index in [0.717, 1.165) is 54.7 Å². The molecule has 0 saturated heterocycles. The maximum Gasteiger partial charge on any atom is 0.310 e. The van der Waals surface area contributed by atoms with E-state index in [0.29, 0.717) is 82.7 Å². The molecule has 3 fully saturated rings. The molecular formula is C42H48Cl2N8O4. The van der Waals surface area contributed by atoms with Crippen LogP contribution in [0.2, 0.25) is 10.0 Å². The van der Waals surface area contributed by atoms with Gasteiger partial charge in [0.25, 0.3) is 11.8 Å². The third-order valence-corrected chi connectivity index (χ3v) is 14.4. The van der Waals surface area contributed by atoms with Crippen molar-refractivity contribution in [2.75, 3.05) is 36.8 Å². The van der Waals surface area contributed by atoms with Crippen molar-refractivity contribution in [3.05, 3.63) is 80.9 Å². The minimum Gasteiger partial charge on any atom is -0.481 e. The topological polar surface area (TPSA) is 138 Å². The molecule has 3 aliphatic carbocycles. The van der Waals surface area contributed by atoms with Gasteiger partial charge in [-0.2, -0.15) is 0 Å². The van der Waals surface area contributed by atoms with Crippen LogP contribution in [0.3, 0.4) is 0 Å². The number of hydrogen-bond donors (Lipinski definition) is 3. The number of carboxylic acids is 1. The largest absolute Gasteiger partial charge is 0.481 e. The van der Waals surface area contributed by atoms with Gasteiger partial charge in [0.15, 0.2) is 11.6 Å². The van der Waals surface area contributed by atoms with Gasteiger partial charge in [-0.3, -0.25) is 24.2 Å². The summed E-state index contributed by atoms with van der Waals surface area (Å²) < 4.78 is 3.72. The number of hydrogen-bond acceptors (Lipinski definition) is 7. The van der Waals surface area contributed by atoms with E-state index in [1.165, 1.54) is 38.5 Å². The van der Waals surface area contributed by atoms with E-state index in [9.17, 15) is 19.5 Å². The third-order valence-electron chi connectivity index (χ3n) is 13.5. The molecule has 2 aromatic carbocycles. The first-order valence-corrected chi connectivity index (χ1v) is 20.7. The minimum absolute atomic E-state index is 0.250. The summed E-state index contributed by atoms with van der Waals surface area (Å²) in [6.07, 6.45) is 11.2. The van der Waals surface area contributed by atoms with Crippen molar-refractivity contribution in [2.24, 2.45) is 30.8 Å². The predicted octanol–water partition coefficient (Wildman–Crippen LogP) is 7.18. The molecule has 0 atom stereocenters. The Morgan fingerprint density at radius 2 is 1.30 bits per heavy atom. The molecule has 3 saturated carbocycles.